The number of pyridine rings is 2. The van der Waals surface area contributed by atoms with Gasteiger partial charge in [-0.05, 0) is 55.0 Å². The van der Waals surface area contributed by atoms with Gasteiger partial charge in [0.05, 0.1) is 35.1 Å². The van der Waals surface area contributed by atoms with Gasteiger partial charge >= 0.3 is 5.97 Å². The van der Waals surface area contributed by atoms with Crippen molar-refractivity contribution in [2.75, 3.05) is 0 Å². The molecule has 2 aromatic heterocycles. The van der Waals surface area contributed by atoms with E-state index >= 15 is 0 Å². The number of nitrogens with one attached hydrogen (secondary N) is 1. The monoisotopic (exact) mass is 493 g/mol. The third-order valence-electron chi connectivity index (χ3n) is 7.76. The molecular formula is C26H24ClN3O5. The predicted octanol–water partition coefficient (Wildman–Crippen LogP) is 3.16. The Morgan fingerprint density at radius 1 is 1.31 bits per heavy atom. The van der Waals surface area contributed by atoms with Crippen LogP contribution in [-0.4, -0.2) is 26.5 Å². The summed E-state index contributed by atoms with van der Waals surface area (Å²) in [5.41, 5.74) is 4.13. The number of esters is 1. The number of aromatic nitrogens is 2. The smallest absolute Gasteiger partial charge is 0.343 e. The molecule has 0 spiro atoms. The van der Waals surface area contributed by atoms with Crippen LogP contribution in [0.25, 0.3) is 22.3 Å². The molecular weight excluding hydrogens is 470 g/mol. The molecule has 2 N–H and O–H groups in total. The van der Waals surface area contributed by atoms with Crippen molar-refractivity contribution in [2.45, 2.75) is 64.8 Å². The third kappa shape index (κ3) is 2.90. The lowest BCUT2D eigenvalue weighted by Gasteiger charge is -2.31. The number of nitrogens with zero attached hydrogens (tertiary/aromatic N) is 2. The molecule has 3 aliphatic rings. The number of benzene rings is 1. The van der Waals surface area contributed by atoms with Gasteiger partial charge in [0.1, 0.15) is 6.61 Å². The second kappa shape index (κ2) is 7.38. The van der Waals surface area contributed by atoms with Crippen molar-refractivity contribution in [1.82, 2.24) is 14.9 Å². The van der Waals surface area contributed by atoms with Gasteiger partial charge in [-0.25, -0.2) is 9.78 Å². The molecule has 2 aliphatic heterocycles. The van der Waals surface area contributed by atoms with E-state index in [1.807, 2.05) is 13.0 Å². The van der Waals surface area contributed by atoms with Crippen molar-refractivity contribution in [3.05, 3.63) is 60.9 Å². The average Bonchev–Trinajstić information content (AvgIpc) is 3.19. The Morgan fingerprint density at radius 3 is 2.80 bits per heavy atom. The molecule has 180 valence electrons. The Kier molecular flexibility index (Phi) is 4.69. The number of fused-ring (bicyclic) bond motifs is 5. The van der Waals surface area contributed by atoms with Crippen molar-refractivity contribution < 1.29 is 19.4 Å². The van der Waals surface area contributed by atoms with Crippen LogP contribution >= 0.6 is 11.6 Å². The van der Waals surface area contributed by atoms with E-state index in [0.29, 0.717) is 28.3 Å². The molecule has 1 unspecified atom stereocenters. The van der Waals surface area contributed by atoms with E-state index in [-0.39, 0.29) is 48.2 Å². The topological polar surface area (TPSA) is 111 Å². The van der Waals surface area contributed by atoms with E-state index in [2.05, 4.69) is 5.32 Å². The predicted molar refractivity (Wildman–Crippen MR) is 129 cm³/mol. The molecule has 1 amide bonds. The zero-order chi connectivity index (χ0) is 24.8. The van der Waals surface area contributed by atoms with Crippen molar-refractivity contribution in [2.24, 2.45) is 0 Å². The zero-order valence-electron chi connectivity index (χ0n) is 19.6. The fraction of sp³-hybridized carbons (Fsp3) is 0.385. The maximum atomic E-state index is 13.6. The maximum Gasteiger partial charge on any atom is 0.343 e. The number of rotatable bonds is 2. The molecule has 35 heavy (non-hydrogen) atoms. The molecule has 0 radical (unpaired) electrons. The van der Waals surface area contributed by atoms with Gasteiger partial charge in [0.25, 0.3) is 5.56 Å². The number of aliphatic hydroxyl groups is 1. The van der Waals surface area contributed by atoms with Crippen molar-refractivity contribution in [1.29, 1.82) is 0 Å². The summed E-state index contributed by atoms with van der Waals surface area (Å²) < 4.78 is 6.79. The summed E-state index contributed by atoms with van der Waals surface area (Å²) in [6.45, 7) is 5.27. The molecule has 4 heterocycles. The zero-order valence-corrected chi connectivity index (χ0v) is 20.4. The fourth-order valence-corrected chi connectivity index (χ4v) is 6.16. The quantitative estimate of drug-likeness (QED) is 0.415. The van der Waals surface area contributed by atoms with Gasteiger partial charge < -0.3 is 19.7 Å². The molecule has 0 fully saturated rings. The van der Waals surface area contributed by atoms with Gasteiger partial charge in [-0.3, -0.25) is 9.59 Å². The summed E-state index contributed by atoms with van der Waals surface area (Å²) in [6.07, 6.45) is 1.54. The van der Waals surface area contributed by atoms with Gasteiger partial charge in [-0.1, -0.05) is 18.5 Å². The van der Waals surface area contributed by atoms with Crippen LogP contribution in [-0.2, 0) is 39.5 Å². The first-order chi connectivity index (χ1) is 16.7. The van der Waals surface area contributed by atoms with Gasteiger partial charge in [0, 0.05) is 28.5 Å². The van der Waals surface area contributed by atoms with Crippen LogP contribution in [0.3, 0.4) is 0 Å². The standard InChI is InChI=1S/C26H24ClN3O5/c1-4-26(34)16-7-20-23-14(9-30(20)24(32)15(16)10-35-25(26)33)22-18(28-12(3)31)6-5-13-11(2)17(27)8-19(29-23)21(13)22/h7-8,18,34H,4-6,9-10H2,1-3H3,(H,28,31)/t18?,26-/m0/s1. The summed E-state index contributed by atoms with van der Waals surface area (Å²) in [7, 11) is 0. The second-order valence-corrected chi connectivity index (χ2v) is 10.0. The molecule has 6 rings (SSSR count). The molecule has 8 nitrogen and oxygen atoms in total. The Morgan fingerprint density at radius 2 is 2.09 bits per heavy atom. The van der Waals surface area contributed by atoms with Crippen LogP contribution < -0.4 is 10.9 Å². The Bertz CT molecular complexity index is 1560. The Labute approximate surface area is 205 Å². The highest BCUT2D eigenvalue weighted by Crippen LogP contribution is 2.46. The largest absolute Gasteiger partial charge is 0.458 e. The van der Waals surface area contributed by atoms with Crippen molar-refractivity contribution >= 4 is 34.4 Å². The van der Waals surface area contributed by atoms with E-state index < -0.39 is 11.6 Å². The number of ether oxygens (including phenoxy) is 1. The van der Waals surface area contributed by atoms with E-state index in [1.165, 1.54) is 6.92 Å². The highest BCUT2D eigenvalue weighted by Gasteiger charge is 2.45. The SMILES string of the molecule is CC[C@@]1(O)C(=O)OCc2c1cc1n(c2=O)Cc2c-1nc1cc(Cl)c(C)c3c1c2C(NC(C)=O)CC3. The first-order valence-electron chi connectivity index (χ1n) is 11.7. The van der Waals surface area contributed by atoms with Crippen LogP contribution in [0.4, 0.5) is 0 Å². The minimum Gasteiger partial charge on any atom is -0.458 e. The summed E-state index contributed by atoms with van der Waals surface area (Å²) in [6, 6.07) is 3.30. The molecule has 3 aromatic rings. The normalized spacial score (nSPS) is 21.9. The number of hydrogen-bond acceptors (Lipinski definition) is 6. The lowest BCUT2D eigenvalue weighted by atomic mass is 9.81. The van der Waals surface area contributed by atoms with E-state index in [1.54, 1.807) is 17.6 Å². The van der Waals surface area contributed by atoms with Crippen LogP contribution in [0.15, 0.2) is 16.9 Å². The maximum absolute atomic E-state index is 13.6. The third-order valence-corrected chi connectivity index (χ3v) is 8.15. The molecule has 9 heteroatoms. The molecule has 0 saturated carbocycles. The summed E-state index contributed by atoms with van der Waals surface area (Å²) in [5.74, 6) is -0.885. The van der Waals surface area contributed by atoms with Gasteiger partial charge in [-0.15, -0.1) is 0 Å². The number of carbonyl (C=O) groups excluding carboxylic acids is 2. The number of cyclic esters (lactones) is 1. The van der Waals surface area contributed by atoms with Gasteiger partial charge in [0.2, 0.25) is 5.91 Å². The Balaban J connectivity index is 1.68. The van der Waals surface area contributed by atoms with Gasteiger partial charge in [0.15, 0.2) is 5.60 Å². The van der Waals surface area contributed by atoms with Gasteiger partial charge in [-0.2, -0.15) is 0 Å². The number of aryl methyl sites for hydroxylation is 1. The fourth-order valence-electron chi connectivity index (χ4n) is 5.94. The van der Waals surface area contributed by atoms with Crippen LogP contribution in [0.2, 0.25) is 5.02 Å². The minimum absolute atomic E-state index is 0.0772. The van der Waals surface area contributed by atoms with E-state index in [0.717, 1.165) is 34.1 Å². The first kappa shape index (κ1) is 22.2. The summed E-state index contributed by atoms with van der Waals surface area (Å²) in [4.78, 5) is 43.0. The molecule has 2 atom stereocenters. The highest BCUT2D eigenvalue weighted by atomic mass is 35.5. The second-order valence-electron chi connectivity index (χ2n) is 9.60. The Hall–Kier alpha value is -3.23. The van der Waals surface area contributed by atoms with Crippen LogP contribution in [0, 0.1) is 6.92 Å². The number of amides is 1. The number of carbonyl (C=O) groups is 2. The van der Waals surface area contributed by atoms with E-state index in [4.69, 9.17) is 21.3 Å². The summed E-state index contributed by atoms with van der Waals surface area (Å²) >= 11 is 6.56. The average molecular weight is 494 g/mol. The summed E-state index contributed by atoms with van der Waals surface area (Å²) in [5, 5.41) is 15.8. The van der Waals surface area contributed by atoms with Crippen molar-refractivity contribution in [3.8, 4) is 11.4 Å². The lowest BCUT2D eigenvalue weighted by molar-refractivity contribution is -0.172. The lowest BCUT2D eigenvalue weighted by Crippen LogP contribution is -2.44. The molecule has 0 saturated heterocycles. The first-order valence-corrected chi connectivity index (χ1v) is 12.1. The van der Waals surface area contributed by atoms with E-state index in [9.17, 15) is 19.5 Å². The minimum atomic E-state index is -1.89. The van der Waals surface area contributed by atoms with Crippen molar-refractivity contribution in [3.63, 3.8) is 0 Å². The molecule has 1 aromatic carbocycles. The molecule has 0 bridgehead atoms. The highest BCUT2D eigenvalue weighted by molar-refractivity contribution is 6.32. The van der Waals surface area contributed by atoms with Crippen LogP contribution in [0.1, 0.15) is 66.1 Å². The molecule has 1 aliphatic carbocycles. The number of hydrogen-bond donors (Lipinski definition) is 2. The number of halogens is 1. The van der Waals surface area contributed by atoms with Crippen LogP contribution in [0.5, 0.6) is 0 Å².